The third-order valence-electron chi connectivity index (χ3n) is 6.40. The molecular weight excluding hydrogens is 407 g/mol. The minimum absolute atomic E-state index is 0.248. The van der Waals surface area contributed by atoms with Crippen LogP contribution in [0.4, 0.5) is 4.39 Å². The highest BCUT2D eigenvalue weighted by Crippen LogP contribution is 2.52. The van der Waals surface area contributed by atoms with E-state index in [0.29, 0.717) is 31.3 Å². The van der Waals surface area contributed by atoms with Crippen molar-refractivity contribution in [3.8, 4) is 22.6 Å². The van der Waals surface area contributed by atoms with Crippen LogP contribution in [0.3, 0.4) is 0 Å². The van der Waals surface area contributed by atoms with Crippen molar-refractivity contribution in [1.82, 2.24) is 15.3 Å². The number of hydrogen-bond acceptors (Lipinski definition) is 6. The average Bonchev–Trinajstić information content (AvgIpc) is 3.23. The molecule has 0 amide bonds. The average molecular weight is 428 g/mol. The van der Waals surface area contributed by atoms with Gasteiger partial charge < -0.3 is 20.5 Å². The van der Waals surface area contributed by atoms with Gasteiger partial charge in [0.25, 0.3) is 0 Å². The third-order valence-corrected chi connectivity index (χ3v) is 6.40. The van der Waals surface area contributed by atoms with Gasteiger partial charge in [-0.3, -0.25) is 0 Å². The first-order valence-corrected chi connectivity index (χ1v) is 10.6. The van der Waals surface area contributed by atoms with Crippen LogP contribution in [-0.2, 0) is 10.2 Å². The van der Waals surface area contributed by atoms with Crippen LogP contribution >= 0.6 is 0 Å². The van der Waals surface area contributed by atoms with E-state index < -0.39 is 5.41 Å². The molecule has 3 N–H and O–H groups in total. The lowest BCUT2D eigenvalue weighted by molar-refractivity contribution is 0.161. The molecule has 0 radical (unpaired) electrons. The number of fused-ring (bicyclic) bond motifs is 4. The highest BCUT2D eigenvalue weighted by Gasteiger charge is 2.45. The van der Waals surface area contributed by atoms with E-state index in [1.807, 2.05) is 30.4 Å². The van der Waals surface area contributed by atoms with Crippen molar-refractivity contribution >= 4 is 5.57 Å². The Kier molecular flexibility index (Phi) is 4.26. The second kappa shape index (κ2) is 7.17. The Bertz CT molecular complexity index is 1290. The number of benzene rings is 2. The highest BCUT2D eigenvalue weighted by atomic mass is 19.1. The Morgan fingerprint density at radius 3 is 2.62 bits per heavy atom. The van der Waals surface area contributed by atoms with Crippen LogP contribution in [0.5, 0.6) is 11.5 Å². The van der Waals surface area contributed by atoms with Crippen LogP contribution in [-0.4, -0.2) is 29.7 Å². The fourth-order valence-electron chi connectivity index (χ4n) is 4.81. The van der Waals surface area contributed by atoms with Gasteiger partial charge in [0.2, 0.25) is 0 Å². The van der Waals surface area contributed by atoms with Crippen molar-refractivity contribution in [1.29, 1.82) is 0 Å². The van der Waals surface area contributed by atoms with E-state index in [0.717, 1.165) is 39.8 Å². The maximum Gasteiger partial charge on any atom is 0.167 e. The third kappa shape index (κ3) is 2.89. The summed E-state index contributed by atoms with van der Waals surface area (Å²) in [5.41, 5.74) is 11.0. The van der Waals surface area contributed by atoms with Crippen LogP contribution in [0.2, 0.25) is 0 Å². The van der Waals surface area contributed by atoms with Crippen LogP contribution in [0.1, 0.15) is 23.1 Å². The zero-order valence-electron chi connectivity index (χ0n) is 17.3. The van der Waals surface area contributed by atoms with Gasteiger partial charge in [0.15, 0.2) is 11.6 Å². The predicted molar refractivity (Wildman–Crippen MR) is 118 cm³/mol. The molecule has 1 aromatic heterocycles. The highest BCUT2D eigenvalue weighted by molar-refractivity contribution is 5.74. The summed E-state index contributed by atoms with van der Waals surface area (Å²) in [6, 6.07) is 9.46. The number of aromatic nitrogens is 2. The van der Waals surface area contributed by atoms with Crippen LogP contribution in [0.25, 0.3) is 16.7 Å². The number of nitrogens with two attached hydrogens (primary N) is 1. The summed E-state index contributed by atoms with van der Waals surface area (Å²) in [4.78, 5) is 8.26. The maximum atomic E-state index is 15.4. The summed E-state index contributed by atoms with van der Waals surface area (Å²) >= 11 is 0. The number of nitrogens with zero attached hydrogens (tertiary/aromatic N) is 2. The summed E-state index contributed by atoms with van der Waals surface area (Å²) in [5.74, 6) is 1.04. The monoisotopic (exact) mass is 428 g/mol. The van der Waals surface area contributed by atoms with E-state index in [4.69, 9.17) is 15.2 Å². The number of nitrogens with one attached hydrogen (secondary N) is 1. The summed E-state index contributed by atoms with van der Waals surface area (Å²) < 4.78 is 26.9. The van der Waals surface area contributed by atoms with Crippen molar-refractivity contribution in [2.45, 2.75) is 11.8 Å². The molecular formula is C25H21FN4O2. The first kappa shape index (κ1) is 19.0. The molecule has 3 aliphatic rings. The van der Waals surface area contributed by atoms with E-state index in [9.17, 15) is 0 Å². The Hall–Kier alpha value is -3.71. The molecule has 32 heavy (non-hydrogen) atoms. The Balaban J connectivity index is 1.56. The lowest BCUT2D eigenvalue weighted by atomic mass is 9.72. The fraction of sp³-hybridized carbons (Fsp3) is 0.200. The molecule has 0 fully saturated rings. The quantitative estimate of drug-likeness (QED) is 0.645. The molecule has 3 aliphatic heterocycles. The van der Waals surface area contributed by atoms with Gasteiger partial charge in [-0.05, 0) is 53.5 Å². The topological polar surface area (TPSA) is 82.3 Å². The molecule has 0 aliphatic carbocycles. The van der Waals surface area contributed by atoms with Gasteiger partial charge in [0, 0.05) is 35.6 Å². The van der Waals surface area contributed by atoms with Crippen molar-refractivity contribution in [3.05, 3.63) is 89.5 Å². The number of rotatable bonds is 2. The molecule has 160 valence electrons. The number of halogens is 1. The van der Waals surface area contributed by atoms with Crippen LogP contribution in [0.15, 0.2) is 67.0 Å². The molecule has 1 atom stereocenters. The zero-order chi connectivity index (χ0) is 21.7. The van der Waals surface area contributed by atoms with E-state index in [1.165, 1.54) is 6.33 Å². The van der Waals surface area contributed by atoms with Gasteiger partial charge >= 0.3 is 0 Å². The van der Waals surface area contributed by atoms with Crippen LogP contribution in [0, 0.1) is 5.82 Å². The van der Waals surface area contributed by atoms with Gasteiger partial charge in [-0.25, -0.2) is 14.4 Å². The van der Waals surface area contributed by atoms with Gasteiger partial charge in [0.1, 0.15) is 12.1 Å². The first-order chi connectivity index (χ1) is 15.6. The lowest BCUT2D eigenvalue weighted by Crippen LogP contribution is -2.34. The van der Waals surface area contributed by atoms with Gasteiger partial charge in [-0.1, -0.05) is 12.1 Å². The SMILES string of the molecule is NC1=C[C@@]2(CN1)c1cc(-c3cncnc3)ccc1Oc1c(F)cc(C3=CCOCC3)cc12. The van der Waals surface area contributed by atoms with Crippen molar-refractivity contribution in [2.75, 3.05) is 19.8 Å². The second-order valence-electron chi connectivity index (χ2n) is 8.25. The predicted octanol–water partition coefficient (Wildman–Crippen LogP) is 3.88. The molecule has 0 bridgehead atoms. The first-order valence-electron chi connectivity index (χ1n) is 10.6. The molecule has 4 heterocycles. The van der Waals surface area contributed by atoms with E-state index >= 15 is 4.39 Å². The van der Waals surface area contributed by atoms with Gasteiger partial charge in [-0.2, -0.15) is 0 Å². The van der Waals surface area contributed by atoms with Crippen molar-refractivity contribution < 1.29 is 13.9 Å². The number of hydrogen-bond donors (Lipinski definition) is 2. The summed E-state index contributed by atoms with van der Waals surface area (Å²) in [6.45, 7) is 1.68. The van der Waals surface area contributed by atoms with E-state index in [1.54, 1.807) is 18.5 Å². The van der Waals surface area contributed by atoms with E-state index in [2.05, 4.69) is 21.4 Å². The molecule has 0 saturated heterocycles. The Morgan fingerprint density at radius 2 is 1.88 bits per heavy atom. The minimum atomic E-state index is -0.652. The molecule has 6 nitrogen and oxygen atoms in total. The van der Waals surface area contributed by atoms with Crippen molar-refractivity contribution in [3.63, 3.8) is 0 Å². The standard InChI is InChI=1S/C25H21FN4O2/c26-21-9-17(15-3-5-31-6-4-15)8-20-24(21)32-22-2-1-16(18-11-28-14-29-12-18)7-19(22)25(20)10-23(27)30-13-25/h1-3,7-12,14,30H,4-6,13,27H2/t25-/m1/s1. The minimum Gasteiger partial charge on any atom is -0.454 e. The fourth-order valence-corrected chi connectivity index (χ4v) is 4.81. The summed E-state index contributed by atoms with van der Waals surface area (Å²) in [7, 11) is 0. The molecule has 1 spiro atoms. The van der Waals surface area contributed by atoms with Gasteiger partial charge in [-0.15, -0.1) is 0 Å². The molecule has 7 heteroatoms. The number of ether oxygens (including phenoxy) is 2. The second-order valence-corrected chi connectivity index (χ2v) is 8.25. The largest absolute Gasteiger partial charge is 0.454 e. The van der Waals surface area contributed by atoms with Crippen LogP contribution < -0.4 is 15.8 Å². The Morgan fingerprint density at radius 1 is 1.03 bits per heavy atom. The smallest absolute Gasteiger partial charge is 0.167 e. The van der Waals surface area contributed by atoms with Gasteiger partial charge in [0.05, 0.1) is 24.4 Å². The molecule has 3 aromatic rings. The van der Waals surface area contributed by atoms with Crippen molar-refractivity contribution in [2.24, 2.45) is 5.73 Å². The molecule has 0 unspecified atom stereocenters. The normalized spacial score (nSPS) is 21.2. The Labute approximate surface area is 184 Å². The summed E-state index contributed by atoms with van der Waals surface area (Å²) in [5, 5.41) is 3.24. The maximum absolute atomic E-state index is 15.4. The van der Waals surface area contributed by atoms with E-state index in [-0.39, 0.29) is 11.6 Å². The molecule has 6 rings (SSSR count). The lowest BCUT2D eigenvalue weighted by Gasteiger charge is -2.36. The molecule has 0 saturated carbocycles. The zero-order valence-corrected chi connectivity index (χ0v) is 17.3. The summed E-state index contributed by atoms with van der Waals surface area (Å²) in [6.07, 6.45) is 9.77. The molecule has 2 aromatic carbocycles.